The van der Waals surface area contributed by atoms with Gasteiger partial charge in [-0.3, -0.25) is 0 Å². The maximum absolute atomic E-state index is 8.85. The van der Waals surface area contributed by atoms with Crippen molar-refractivity contribution in [2.45, 2.75) is 19.9 Å². The highest BCUT2D eigenvalue weighted by Crippen LogP contribution is 2.23. The Morgan fingerprint density at radius 3 is 2.55 bits per heavy atom. The fourth-order valence-electron chi connectivity index (χ4n) is 2.22. The van der Waals surface area contributed by atoms with Crippen LogP contribution < -0.4 is 10.6 Å². The van der Waals surface area contributed by atoms with Crippen molar-refractivity contribution in [3.05, 3.63) is 59.7 Å². The molecule has 2 rings (SSSR count). The van der Waals surface area contributed by atoms with Crippen LogP contribution in [0.2, 0.25) is 0 Å². The van der Waals surface area contributed by atoms with E-state index in [1.54, 1.807) is 0 Å². The van der Waals surface area contributed by atoms with Crippen LogP contribution in [-0.2, 0) is 13.0 Å². The van der Waals surface area contributed by atoms with Crippen molar-refractivity contribution in [2.24, 2.45) is 0 Å². The van der Waals surface area contributed by atoms with Gasteiger partial charge in [0, 0.05) is 24.5 Å². The minimum atomic E-state index is 0.350. The Bertz CT molecular complexity index is 599. The molecule has 0 bridgehead atoms. The second kappa shape index (κ2) is 6.63. The molecule has 2 N–H and O–H groups in total. The summed E-state index contributed by atoms with van der Waals surface area (Å²) < 4.78 is 0. The average Bonchev–Trinajstić information content (AvgIpc) is 2.48. The predicted octanol–water partition coefficient (Wildman–Crippen LogP) is 3.36. The van der Waals surface area contributed by atoms with Gasteiger partial charge in [-0.1, -0.05) is 30.3 Å². The highest BCUT2D eigenvalue weighted by Gasteiger charge is 2.08. The minimum Gasteiger partial charge on any atom is -0.398 e. The lowest BCUT2D eigenvalue weighted by molar-refractivity contribution is 0.831. The Morgan fingerprint density at radius 2 is 1.90 bits per heavy atom. The largest absolute Gasteiger partial charge is 0.398 e. The van der Waals surface area contributed by atoms with E-state index in [4.69, 9.17) is 11.0 Å². The summed E-state index contributed by atoms with van der Waals surface area (Å²) in [6.45, 7) is 3.89. The number of benzene rings is 2. The Kier molecular flexibility index (Phi) is 4.62. The first-order valence-corrected chi connectivity index (χ1v) is 6.78. The summed E-state index contributed by atoms with van der Waals surface area (Å²) in [6, 6.07) is 18.4. The maximum atomic E-state index is 8.85. The SMILES string of the molecule is CCN(Cc1ccccc1)c1ccc(N)c(CC#N)c1. The van der Waals surface area contributed by atoms with E-state index in [-0.39, 0.29) is 0 Å². The Morgan fingerprint density at radius 1 is 1.15 bits per heavy atom. The maximum Gasteiger partial charge on any atom is 0.0670 e. The second-order valence-electron chi connectivity index (χ2n) is 4.72. The molecule has 0 unspecified atom stereocenters. The van der Waals surface area contributed by atoms with Crippen LogP contribution in [0.4, 0.5) is 11.4 Å². The van der Waals surface area contributed by atoms with Crippen molar-refractivity contribution in [1.29, 1.82) is 5.26 Å². The fraction of sp³-hybridized carbons (Fsp3) is 0.235. The van der Waals surface area contributed by atoms with E-state index < -0.39 is 0 Å². The molecule has 0 aliphatic rings. The number of rotatable bonds is 5. The van der Waals surface area contributed by atoms with E-state index in [2.05, 4.69) is 30.0 Å². The second-order valence-corrected chi connectivity index (χ2v) is 4.72. The van der Waals surface area contributed by atoms with Crippen LogP contribution in [0.15, 0.2) is 48.5 Å². The molecule has 0 aliphatic heterocycles. The highest BCUT2D eigenvalue weighted by molar-refractivity contribution is 5.59. The fourth-order valence-corrected chi connectivity index (χ4v) is 2.22. The summed E-state index contributed by atoms with van der Waals surface area (Å²) >= 11 is 0. The molecule has 3 nitrogen and oxygen atoms in total. The summed E-state index contributed by atoms with van der Waals surface area (Å²) in [4.78, 5) is 2.27. The molecule has 0 aromatic heterocycles. The summed E-state index contributed by atoms with van der Waals surface area (Å²) in [6.07, 6.45) is 0.350. The quantitative estimate of drug-likeness (QED) is 0.843. The van der Waals surface area contributed by atoms with Crippen LogP contribution >= 0.6 is 0 Å². The number of hydrogen-bond donors (Lipinski definition) is 1. The van der Waals surface area contributed by atoms with Gasteiger partial charge in [-0.05, 0) is 36.2 Å². The molecule has 0 saturated carbocycles. The molecule has 0 fully saturated rings. The van der Waals surface area contributed by atoms with Crippen molar-refractivity contribution < 1.29 is 0 Å². The lowest BCUT2D eigenvalue weighted by Gasteiger charge is -2.24. The molecule has 2 aromatic rings. The van der Waals surface area contributed by atoms with Gasteiger partial charge in [0.1, 0.15) is 0 Å². The molecule has 0 amide bonds. The van der Waals surface area contributed by atoms with Gasteiger partial charge in [0.2, 0.25) is 0 Å². The van der Waals surface area contributed by atoms with Gasteiger partial charge in [0.15, 0.2) is 0 Å². The zero-order chi connectivity index (χ0) is 14.4. The van der Waals surface area contributed by atoms with Gasteiger partial charge in [-0.15, -0.1) is 0 Å². The average molecular weight is 265 g/mol. The van der Waals surface area contributed by atoms with Crippen LogP contribution in [0.3, 0.4) is 0 Å². The molecule has 0 aliphatic carbocycles. The zero-order valence-electron chi connectivity index (χ0n) is 11.7. The lowest BCUT2D eigenvalue weighted by atomic mass is 10.1. The van der Waals surface area contributed by atoms with E-state index in [9.17, 15) is 0 Å². The van der Waals surface area contributed by atoms with Gasteiger partial charge in [-0.2, -0.15) is 5.26 Å². The number of nitrogens with zero attached hydrogens (tertiary/aromatic N) is 2. The first kappa shape index (κ1) is 14.0. The molecule has 20 heavy (non-hydrogen) atoms. The summed E-state index contributed by atoms with van der Waals surface area (Å²) in [5.74, 6) is 0. The molecule has 0 spiro atoms. The number of nitrogens with two attached hydrogens (primary N) is 1. The number of nitrogen functional groups attached to an aromatic ring is 1. The van der Waals surface area contributed by atoms with Gasteiger partial charge in [0.05, 0.1) is 12.5 Å². The van der Waals surface area contributed by atoms with Crippen LogP contribution in [0, 0.1) is 11.3 Å². The van der Waals surface area contributed by atoms with E-state index in [0.29, 0.717) is 12.1 Å². The topological polar surface area (TPSA) is 53.0 Å². The predicted molar refractivity (Wildman–Crippen MR) is 83.3 cm³/mol. The molecule has 0 radical (unpaired) electrons. The smallest absolute Gasteiger partial charge is 0.0670 e. The van der Waals surface area contributed by atoms with Crippen LogP contribution in [0.25, 0.3) is 0 Å². The summed E-state index contributed by atoms with van der Waals surface area (Å²) in [7, 11) is 0. The Labute approximate surface area is 120 Å². The van der Waals surface area contributed by atoms with Gasteiger partial charge >= 0.3 is 0 Å². The first-order chi connectivity index (χ1) is 9.74. The molecule has 102 valence electrons. The van der Waals surface area contributed by atoms with Crippen LogP contribution in [0.1, 0.15) is 18.1 Å². The van der Waals surface area contributed by atoms with Gasteiger partial charge in [0.25, 0.3) is 0 Å². The van der Waals surface area contributed by atoms with Crippen LogP contribution in [-0.4, -0.2) is 6.54 Å². The molecule has 2 aromatic carbocycles. The van der Waals surface area contributed by atoms with Crippen molar-refractivity contribution in [3.63, 3.8) is 0 Å². The minimum absolute atomic E-state index is 0.350. The molecular weight excluding hydrogens is 246 g/mol. The number of hydrogen-bond acceptors (Lipinski definition) is 3. The zero-order valence-corrected chi connectivity index (χ0v) is 11.7. The van der Waals surface area contributed by atoms with Crippen molar-refractivity contribution in [3.8, 4) is 6.07 Å². The van der Waals surface area contributed by atoms with Gasteiger partial charge in [-0.25, -0.2) is 0 Å². The molecule has 3 heteroatoms. The third-order valence-corrected chi connectivity index (χ3v) is 3.36. The van der Waals surface area contributed by atoms with E-state index >= 15 is 0 Å². The first-order valence-electron chi connectivity index (χ1n) is 6.78. The highest BCUT2D eigenvalue weighted by atomic mass is 15.1. The summed E-state index contributed by atoms with van der Waals surface area (Å²) in [5, 5.41) is 8.85. The van der Waals surface area contributed by atoms with Crippen molar-refractivity contribution >= 4 is 11.4 Å². The van der Waals surface area contributed by atoms with E-state index in [1.165, 1.54) is 5.56 Å². The normalized spacial score (nSPS) is 10.0. The molecule has 0 heterocycles. The Balaban J connectivity index is 2.23. The third-order valence-electron chi connectivity index (χ3n) is 3.36. The number of nitriles is 1. The van der Waals surface area contributed by atoms with Crippen LogP contribution in [0.5, 0.6) is 0 Å². The molecule has 0 atom stereocenters. The Hall–Kier alpha value is -2.47. The van der Waals surface area contributed by atoms with Gasteiger partial charge < -0.3 is 10.6 Å². The van der Waals surface area contributed by atoms with Crippen molar-refractivity contribution in [2.75, 3.05) is 17.2 Å². The van der Waals surface area contributed by atoms with E-state index in [1.807, 2.05) is 36.4 Å². The monoisotopic (exact) mass is 265 g/mol. The van der Waals surface area contributed by atoms with Crippen molar-refractivity contribution in [1.82, 2.24) is 0 Å². The third kappa shape index (κ3) is 3.30. The standard InChI is InChI=1S/C17H19N3/c1-2-20(13-14-6-4-3-5-7-14)16-8-9-17(19)15(12-16)10-11-18/h3-9,12H,2,10,13,19H2,1H3. The lowest BCUT2D eigenvalue weighted by Crippen LogP contribution is -2.22. The molecule has 0 saturated heterocycles. The number of anilines is 2. The van der Waals surface area contributed by atoms with E-state index in [0.717, 1.165) is 24.3 Å². The summed E-state index contributed by atoms with van der Waals surface area (Å²) in [5.41, 5.74) is 9.86. The molecular formula is C17H19N3.